The molecule has 1 aromatic carbocycles. The summed E-state index contributed by atoms with van der Waals surface area (Å²) in [5.74, 6) is -1.85. The molecule has 0 saturated heterocycles. The summed E-state index contributed by atoms with van der Waals surface area (Å²) in [7, 11) is 1.16. The third-order valence-corrected chi connectivity index (χ3v) is 3.91. The molecule has 0 fully saturated rings. The molecule has 0 heterocycles. The maximum absolute atomic E-state index is 12.0. The van der Waals surface area contributed by atoms with E-state index < -0.39 is 11.9 Å². The van der Waals surface area contributed by atoms with Crippen LogP contribution in [-0.2, 0) is 14.3 Å². The van der Waals surface area contributed by atoms with Gasteiger partial charge in [0.1, 0.15) is 16.9 Å². The van der Waals surface area contributed by atoms with E-state index in [0.717, 1.165) is 13.3 Å². The molecular weight excluding hydrogens is 381 g/mol. The summed E-state index contributed by atoms with van der Waals surface area (Å²) in [5, 5.41) is 9.37. The average Bonchev–Trinajstić information content (AvgIpc) is 2.52. The molecule has 9 heteroatoms. The van der Waals surface area contributed by atoms with Gasteiger partial charge in [0.2, 0.25) is 0 Å². The Morgan fingerprint density at radius 3 is 2.42 bits per heavy atom. The maximum atomic E-state index is 12.0. The Balaban J connectivity index is 3.41. The van der Waals surface area contributed by atoms with E-state index in [1.165, 1.54) is 13.0 Å². The zero-order valence-electron chi connectivity index (χ0n) is 13.0. The van der Waals surface area contributed by atoms with E-state index in [9.17, 15) is 14.7 Å². The number of aliphatic hydroxyl groups is 1. The maximum Gasteiger partial charge on any atom is 0.342 e. The number of hydrogen-bond acceptors (Lipinski definition) is 6. The molecular formula is C15H14Cl3NO5. The van der Waals surface area contributed by atoms with Crippen molar-refractivity contribution in [2.75, 3.05) is 13.7 Å². The molecule has 0 amide bonds. The lowest BCUT2D eigenvalue weighted by atomic mass is 10.2. The topological polar surface area (TPSA) is 85.2 Å². The molecule has 1 N–H and O–H groups in total. The van der Waals surface area contributed by atoms with Crippen LogP contribution >= 0.6 is 34.8 Å². The predicted octanol–water partition coefficient (Wildman–Crippen LogP) is 4.53. The predicted molar refractivity (Wildman–Crippen MR) is 92.9 cm³/mol. The Bertz CT molecular complexity index is 724. The number of carbonyl (C=O) groups is 2. The van der Waals surface area contributed by atoms with Crippen molar-refractivity contribution in [3.63, 3.8) is 0 Å². The van der Waals surface area contributed by atoms with Crippen molar-refractivity contribution >= 4 is 58.6 Å². The number of rotatable bonds is 5. The van der Waals surface area contributed by atoms with Crippen LogP contribution < -0.4 is 0 Å². The largest absolute Gasteiger partial charge is 0.512 e. The Kier molecular flexibility index (Phi) is 7.54. The van der Waals surface area contributed by atoms with Gasteiger partial charge in [-0.05, 0) is 19.9 Å². The van der Waals surface area contributed by atoms with Gasteiger partial charge in [0.25, 0.3) is 0 Å². The number of nitrogens with zero attached hydrogens (tertiary/aromatic N) is 1. The number of aliphatic imine (C=N–C) groups is 1. The zero-order valence-corrected chi connectivity index (χ0v) is 15.3. The van der Waals surface area contributed by atoms with Gasteiger partial charge in [-0.3, -0.25) is 4.99 Å². The number of aliphatic hydroxyl groups excluding tert-OH is 1. The lowest BCUT2D eigenvalue weighted by molar-refractivity contribution is -0.135. The summed E-state index contributed by atoms with van der Waals surface area (Å²) in [5.41, 5.74) is -0.252. The van der Waals surface area contributed by atoms with Gasteiger partial charge < -0.3 is 14.6 Å². The number of hydrogen-bond donors (Lipinski definition) is 1. The molecule has 0 bridgehead atoms. The quantitative estimate of drug-likeness (QED) is 0.261. The molecule has 0 aliphatic heterocycles. The van der Waals surface area contributed by atoms with E-state index in [-0.39, 0.29) is 44.3 Å². The first-order chi connectivity index (χ1) is 11.2. The number of ether oxygens (including phenoxy) is 2. The molecule has 0 aliphatic rings. The summed E-state index contributed by atoms with van der Waals surface area (Å²) in [6, 6.07) is 1.31. The number of methoxy groups -OCH3 is 1. The van der Waals surface area contributed by atoms with E-state index in [2.05, 4.69) is 9.73 Å². The van der Waals surface area contributed by atoms with Crippen LogP contribution in [0, 0.1) is 0 Å². The van der Waals surface area contributed by atoms with Gasteiger partial charge >= 0.3 is 11.9 Å². The number of carbonyl (C=O) groups excluding carboxylic acids is 2. The van der Waals surface area contributed by atoms with Crippen LogP contribution in [0.25, 0.3) is 0 Å². The Labute approximate surface area is 153 Å². The highest BCUT2D eigenvalue weighted by Crippen LogP contribution is 2.39. The highest BCUT2D eigenvalue weighted by Gasteiger charge is 2.22. The summed E-state index contributed by atoms with van der Waals surface area (Å²) in [4.78, 5) is 27.5. The fraction of sp³-hybridized carbons (Fsp3) is 0.267. The van der Waals surface area contributed by atoms with Crippen molar-refractivity contribution in [3.8, 4) is 0 Å². The second-order valence-electron chi connectivity index (χ2n) is 4.35. The van der Waals surface area contributed by atoms with Gasteiger partial charge in [-0.15, -0.1) is 0 Å². The molecule has 0 saturated carbocycles. The van der Waals surface area contributed by atoms with E-state index in [1.54, 1.807) is 6.92 Å². The Morgan fingerprint density at radius 2 is 1.92 bits per heavy atom. The number of allylic oxidation sites excluding steroid dienone is 1. The van der Waals surface area contributed by atoms with Gasteiger partial charge in [0.05, 0.1) is 34.5 Å². The van der Waals surface area contributed by atoms with E-state index in [1.807, 2.05) is 0 Å². The third kappa shape index (κ3) is 4.63. The Hall–Kier alpha value is -1.76. The minimum atomic E-state index is -0.791. The number of benzene rings is 1. The van der Waals surface area contributed by atoms with Gasteiger partial charge in [-0.25, -0.2) is 9.59 Å². The van der Waals surface area contributed by atoms with Crippen LogP contribution in [0.4, 0.5) is 5.69 Å². The SMILES string of the molecule is CCOC(=O)c1c(Cl)c(Cl)cc(N=CC(C(=O)OC)=C(C)O)c1Cl. The van der Waals surface area contributed by atoms with Crippen molar-refractivity contribution in [3.05, 3.63) is 38.0 Å². The van der Waals surface area contributed by atoms with Crippen molar-refractivity contribution in [2.45, 2.75) is 13.8 Å². The molecule has 1 aromatic rings. The fourth-order valence-electron chi connectivity index (χ4n) is 1.60. The van der Waals surface area contributed by atoms with Crippen molar-refractivity contribution in [1.29, 1.82) is 0 Å². The highest BCUT2D eigenvalue weighted by molar-refractivity contribution is 6.47. The smallest absolute Gasteiger partial charge is 0.342 e. The first-order valence-electron chi connectivity index (χ1n) is 6.61. The van der Waals surface area contributed by atoms with E-state index in [0.29, 0.717) is 0 Å². The Morgan fingerprint density at radius 1 is 1.29 bits per heavy atom. The van der Waals surface area contributed by atoms with E-state index in [4.69, 9.17) is 39.5 Å². The first kappa shape index (κ1) is 20.3. The van der Waals surface area contributed by atoms with Gasteiger partial charge in [-0.2, -0.15) is 0 Å². The van der Waals surface area contributed by atoms with Crippen LogP contribution in [0.15, 0.2) is 22.4 Å². The van der Waals surface area contributed by atoms with Crippen LogP contribution in [0.2, 0.25) is 15.1 Å². The second kappa shape index (κ2) is 8.92. The second-order valence-corrected chi connectivity index (χ2v) is 5.51. The summed E-state index contributed by atoms with van der Waals surface area (Å²) in [6.45, 7) is 3.04. The summed E-state index contributed by atoms with van der Waals surface area (Å²) in [6.07, 6.45) is 1.04. The van der Waals surface area contributed by atoms with Crippen LogP contribution in [-0.4, -0.2) is 37.0 Å². The molecule has 6 nitrogen and oxygen atoms in total. The molecule has 1 rings (SSSR count). The molecule has 130 valence electrons. The molecule has 0 atom stereocenters. The van der Waals surface area contributed by atoms with Gasteiger partial charge in [-0.1, -0.05) is 34.8 Å². The fourth-order valence-corrected chi connectivity index (χ4v) is 2.35. The van der Waals surface area contributed by atoms with Crippen LogP contribution in [0.3, 0.4) is 0 Å². The number of esters is 2. The average molecular weight is 395 g/mol. The number of halogens is 3. The normalized spacial score (nSPS) is 12.1. The highest BCUT2D eigenvalue weighted by atomic mass is 35.5. The lowest BCUT2D eigenvalue weighted by Gasteiger charge is -2.10. The molecule has 0 spiro atoms. The first-order valence-corrected chi connectivity index (χ1v) is 7.74. The minimum absolute atomic E-state index is 0.0283. The molecule has 0 unspecified atom stereocenters. The monoisotopic (exact) mass is 393 g/mol. The summed E-state index contributed by atoms with van der Waals surface area (Å²) < 4.78 is 9.40. The molecule has 0 aliphatic carbocycles. The van der Waals surface area contributed by atoms with Gasteiger partial charge in [0.15, 0.2) is 0 Å². The van der Waals surface area contributed by atoms with Crippen LogP contribution in [0.1, 0.15) is 24.2 Å². The van der Waals surface area contributed by atoms with Crippen molar-refractivity contribution in [2.24, 2.45) is 4.99 Å². The molecule has 0 aromatic heterocycles. The summed E-state index contributed by atoms with van der Waals surface area (Å²) >= 11 is 18.1. The van der Waals surface area contributed by atoms with E-state index >= 15 is 0 Å². The molecule has 24 heavy (non-hydrogen) atoms. The van der Waals surface area contributed by atoms with Crippen LogP contribution in [0.5, 0.6) is 0 Å². The zero-order chi connectivity index (χ0) is 18.4. The minimum Gasteiger partial charge on any atom is -0.512 e. The molecule has 0 radical (unpaired) electrons. The van der Waals surface area contributed by atoms with Gasteiger partial charge in [0, 0.05) is 6.21 Å². The van der Waals surface area contributed by atoms with Crippen molar-refractivity contribution in [1.82, 2.24) is 0 Å². The van der Waals surface area contributed by atoms with Crippen molar-refractivity contribution < 1.29 is 24.2 Å². The standard InChI is InChI=1S/C15H14Cl3NO5/c1-4-24-15(22)11-12(17)9(16)5-10(13(11)18)19-6-8(7(2)20)14(21)23-3/h5-6,20H,4H2,1-3H3. The third-order valence-electron chi connectivity index (χ3n) is 2.74. The lowest BCUT2D eigenvalue weighted by Crippen LogP contribution is -2.08.